The molecule has 3 nitrogen and oxygen atoms in total. The maximum absolute atomic E-state index is 8.51. The zero-order chi connectivity index (χ0) is 10.1. The maximum Gasteiger partial charge on any atom is 0.133 e. The van der Waals surface area contributed by atoms with Crippen molar-refractivity contribution in [1.82, 2.24) is 4.90 Å². The van der Waals surface area contributed by atoms with Gasteiger partial charge in [-0.1, -0.05) is 6.92 Å². The van der Waals surface area contributed by atoms with E-state index in [-0.39, 0.29) is 0 Å². The van der Waals surface area contributed by atoms with E-state index in [4.69, 9.17) is 21.6 Å². The molecule has 4 heteroatoms. The lowest BCUT2D eigenvalue weighted by molar-refractivity contribution is 0.116. The Labute approximate surface area is 85.2 Å². The first-order valence-corrected chi connectivity index (χ1v) is 5.02. The van der Waals surface area contributed by atoms with E-state index >= 15 is 0 Å². The van der Waals surface area contributed by atoms with Crippen LogP contribution in [0.15, 0.2) is 0 Å². The van der Waals surface area contributed by atoms with E-state index in [9.17, 15) is 0 Å². The molecular formula is C9H17ClN2O. The third kappa shape index (κ3) is 6.83. The van der Waals surface area contributed by atoms with Crippen molar-refractivity contribution in [3.8, 4) is 6.07 Å². The van der Waals surface area contributed by atoms with E-state index in [1.807, 2.05) is 19.9 Å². The zero-order valence-corrected chi connectivity index (χ0v) is 9.05. The minimum absolute atomic E-state index is 0.415. The van der Waals surface area contributed by atoms with E-state index in [2.05, 4.69) is 4.90 Å². The topological polar surface area (TPSA) is 36.3 Å². The fourth-order valence-electron chi connectivity index (χ4n) is 0.984. The van der Waals surface area contributed by atoms with Gasteiger partial charge in [-0.25, -0.2) is 0 Å². The Hall–Kier alpha value is -0.300. The first kappa shape index (κ1) is 12.7. The smallest absolute Gasteiger partial charge is 0.133 e. The highest BCUT2D eigenvalue weighted by molar-refractivity contribution is 6.22. The molecule has 0 aromatic heterocycles. The average molecular weight is 205 g/mol. The number of ether oxygens (including phenoxy) is 1. The second-order valence-electron chi connectivity index (χ2n) is 2.69. The summed E-state index contributed by atoms with van der Waals surface area (Å²) in [5.74, 6) is 0. The quantitative estimate of drug-likeness (QED) is 0.466. The number of likely N-dealkylation sites (N-methyl/N-ethyl adjacent to an activating group) is 1. The summed E-state index contributed by atoms with van der Waals surface area (Å²) in [6, 6.07) is 2.00. The molecule has 1 atom stereocenters. The van der Waals surface area contributed by atoms with Crippen molar-refractivity contribution >= 4 is 11.6 Å². The number of halogens is 1. The monoisotopic (exact) mass is 204 g/mol. The Balaban J connectivity index is 3.58. The van der Waals surface area contributed by atoms with E-state index < -0.39 is 5.38 Å². The Bertz CT molecular complexity index is 158. The van der Waals surface area contributed by atoms with Gasteiger partial charge in [0.15, 0.2) is 0 Å². The molecule has 0 fully saturated rings. The van der Waals surface area contributed by atoms with Crippen LogP contribution in [-0.2, 0) is 4.74 Å². The molecule has 76 valence electrons. The molecule has 0 heterocycles. The van der Waals surface area contributed by atoms with Crippen LogP contribution in [0.3, 0.4) is 0 Å². The van der Waals surface area contributed by atoms with Gasteiger partial charge < -0.3 is 4.74 Å². The third-order valence-corrected chi connectivity index (χ3v) is 2.00. The highest BCUT2D eigenvalue weighted by Gasteiger charge is 2.08. The predicted molar refractivity (Wildman–Crippen MR) is 53.9 cm³/mol. The molecule has 1 unspecified atom stereocenters. The van der Waals surface area contributed by atoms with Crippen LogP contribution >= 0.6 is 11.6 Å². The lowest BCUT2D eigenvalue weighted by atomic mass is 10.4. The molecule has 0 saturated heterocycles. The van der Waals surface area contributed by atoms with Crippen LogP contribution in [0.5, 0.6) is 0 Å². The van der Waals surface area contributed by atoms with Gasteiger partial charge in [0.1, 0.15) is 5.38 Å². The normalized spacial score (nSPS) is 12.8. The average Bonchev–Trinajstić information content (AvgIpc) is 2.16. The first-order chi connectivity index (χ1) is 6.24. The molecule has 0 aliphatic carbocycles. The number of nitrogens with zero attached hydrogens (tertiary/aromatic N) is 2. The minimum atomic E-state index is -0.415. The van der Waals surface area contributed by atoms with Crippen LogP contribution in [0.4, 0.5) is 0 Å². The van der Waals surface area contributed by atoms with Gasteiger partial charge in [-0.05, 0) is 13.5 Å². The largest absolute Gasteiger partial charge is 0.380 e. The Kier molecular flexibility index (Phi) is 8.11. The van der Waals surface area contributed by atoms with Crippen LogP contribution in [0, 0.1) is 11.3 Å². The Morgan fingerprint density at radius 3 is 2.69 bits per heavy atom. The SMILES string of the molecule is CCOCCN(CC)CC(Cl)C#N. The fourth-order valence-corrected chi connectivity index (χ4v) is 1.18. The minimum Gasteiger partial charge on any atom is -0.380 e. The van der Waals surface area contributed by atoms with Crippen molar-refractivity contribution < 1.29 is 4.74 Å². The summed E-state index contributed by atoms with van der Waals surface area (Å²) in [4.78, 5) is 2.11. The Morgan fingerprint density at radius 2 is 2.23 bits per heavy atom. The molecule has 0 N–H and O–H groups in total. The second-order valence-corrected chi connectivity index (χ2v) is 3.21. The van der Waals surface area contributed by atoms with E-state index in [0.29, 0.717) is 13.2 Å². The standard InChI is InChI=1S/C9H17ClN2O/c1-3-12(5-6-13-4-2)8-9(10)7-11/h9H,3-6,8H2,1-2H3. The molecule has 0 amide bonds. The molecule has 0 aliphatic rings. The molecule has 0 aromatic carbocycles. The summed E-state index contributed by atoms with van der Waals surface area (Å²) in [5, 5.41) is 8.10. The lowest BCUT2D eigenvalue weighted by Crippen LogP contribution is -2.32. The van der Waals surface area contributed by atoms with Gasteiger partial charge in [0.2, 0.25) is 0 Å². The Morgan fingerprint density at radius 1 is 1.54 bits per heavy atom. The highest BCUT2D eigenvalue weighted by Crippen LogP contribution is 1.98. The van der Waals surface area contributed by atoms with Gasteiger partial charge in [-0.2, -0.15) is 5.26 Å². The summed E-state index contributed by atoms with van der Waals surface area (Å²) < 4.78 is 5.21. The zero-order valence-electron chi connectivity index (χ0n) is 8.29. The molecule has 0 aromatic rings. The predicted octanol–water partition coefficient (Wildman–Crippen LogP) is 1.48. The van der Waals surface area contributed by atoms with Gasteiger partial charge in [-0.15, -0.1) is 11.6 Å². The molecular weight excluding hydrogens is 188 g/mol. The van der Waals surface area contributed by atoms with Crippen molar-refractivity contribution in [3.05, 3.63) is 0 Å². The van der Waals surface area contributed by atoms with Crippen molar-refractivity contribution in [2.75, 3.05) is 32.8 Å². The maximum atomic E-state index is 8.51. The van der Waals surface area contributed by atoms with Crippen molar-refractivity contribution in [1.29, 1.82) is 5.26 Å². The lowest BCUT2D eigenvalue weighted by Gasteiger charge is -2.20. The number of rotatable bonds is 7. The van der Waals surface area contributed by atoms with Gasteiger partial charge >= 0.3 is 0 Å². The van der Waals surface area contributed by atoms with Gasteiger partial charge in [0, 0.05) is 19.7 Å². The van der Waals surface area contributed by atoms with Crippen LogP contribution in [0.25, 0.3) is 0 Å². The van der Waals surface area contributed by atoms with E-state index in [1.165, 1.54) is 0 Å². The second kappa shape index (κ2) is 8.31. The molecule has 0 saturated carbocycles. The van der Waals surface area contributed by atoms with Crippen LogP contribution in [0.1, 0.15) is 13.8 Å². The molecule has 0 aliphatic heterocycles. The summed E-state index contributed by atoms with van der Waals surface area (Å²) in [7, 11) is 0. The van der Waals surface area contributed by atoms with Gasteiger partial charge in [0.25, 0.3) is 0 Å². The summed E-state index contributed by atoms with van der Waals surface area (Å²) in [5.41, 5.74) is 0. The molecule has 0 radical (unpaired) electrons. The van der Waals surface area contributed by atoms with Gasteiger partial charge in [0.05, 0.1) is 12.7 Å². The van der Waals surface area contributed by atoms with Crippen molar-refractivity contribution in [2.45, 2.75) is 19.2 Å². The van der Waals surface area contributed by atoms with E-state index in [1.54, 1.807) is 0 Å². The van der Waals surface area contributed by atoms with E-state index in [0.717, 1.165) is 19.7 Å². The third-order valence-electron chi connectivity index (χ3n) is 1.76. The van der Waals surface area contributed by atoms with Crippen LogP contribution < -0.4 is 0 Å². The number of hydrogen-bond donors (Lipinski definition) is 0. The molecule has 0 spiro atoms. The van der Waals surface area contributed by atoms with Gasteiger partial charge in [-0.3, -0.25) is 4.90 Å². The number of hydrogen-bond acceptors (Lipinski definition) is 3. The molecule has 0 bridgehead atoms. The van der Waals surface area contributed by atoms with Crippen molar-refractivity contribution in [2.24, 2.45) is 0 Å². The number of alkyl halides is 1. The fraction of sp³-hybridized carbons (Fsp3) is 0.889. The van der Waals surface area contributed by atoms with Crippen LogP contribution in [-0.4, -0.2) is 43.1 Å². The number of nitriles is 1. The summed E-state index contributed by atoms with van der Waals surface area (Å²) >= 11 is 5.71. The molecule has 13 heavy (non-hydrogen) atoms. The highest BCUT2D eigenvalue weighted by atomic mass is 35.5. The van der Waals surface area contributed by atoms with Crippen molar-refractivity contribution in [3.63, 3.8) is 0 Å². The summed E-state index contributed by atoms with van der Waals surface area (Å²) in [6.45, 7) is 7.82. The summed E-state index contributed by atoms with van der Waals surface area (Å²) in [6.07, 6.45) is 0. The molecule has 0 rings (SSSR count). The first-order valence-electron chi connectivity index (χ1n) is 4.58. The van der Waals surface area contributed by atoms with Crippen LogP contribution in [0.2, 0.25) is 0 Å².